The molecule has 0 aromatic heterocycles. The van der Waals surface area contributed by atoms with Crippen molar-refractivity contribution in [3.05, 3.63) is 0 Å². The van der Waals surface area contributed by atoms with Crippen molar-refractivity contribution in [2.45, 2.75) is 98.8 Å². The quantitative estimate of drug-likeness (QED) is 0.117. The van der Waals surface area contributed by atoms with Crippen molar-refractivity contribution < 1.29 is 79.2 Å². The molecule has 3 atom stereocenters. The second kappa shape index (κ2) is 25.6. The maximum absolute atomic E-state index is 12.3. The maximum atomic E-state index is 12.3. The number of hydrogen-bond acceptors (Lipinski definition) is 10. The molecule has 10 nitrogen and oxygen atoms in total. The van der Waals surface area contributed by atoms with E-state index in [2.05, 4.69) is 34.6 Å². The van der Waals surface area contributed by atoms with Gasteiger partial charge in [-0.2, -0.15) is 0 Å². The average molecular weight is 727 g/mol. The van der Waals surface area contributed by atoms with Crippen LogP contribution in [0, 0.1) is 63.6 Å². The standard InChI is InChI=1S/C30H56N2O8.Gd/c1-23(2)9-6-10-24(3)11-7-12-25(4)13-8-14-26(5)15-18-40-30(39)22-32(21-29(37)38)17-16-31(19-27(33)34)20-28(35)36;/h23-26H,6-22H2,1-5H3,(H,33,34)(H,35,36)(H,37,38);/q;+3/p-3. The third-order valence-corrected chi connectivity index (χ3v) is 7.28. The van der Waals surface area contributed by atoms with Gasteiger partial charge in [0.2, 0.25) is 0 Å². The number of carboxylic acids is 3. The van der Waals surface area contributed by atoms with Gasteiger partial charge in [0.1, 0.15) is 0 Å². The molecular weight excluding hydrogens is 674 g/mol. The Morgan fingerprint density at radius 2 is 0.902 bits per heavy atom. The van der Waals surface area contributed by atoms with Gasteiger partial charge in [-0.3, -0.25) is 14.6 Å². The monoisotopic (exact) mass is 727 g/mol. The largest absolute Gasteiger partial charge is 3.00 e. The molecular formula is C30H53GdN2O8. The second-order valence-electron chi connectivity index (χ2n) is 12.0. The zero-order valence-electron chi connectivity index (χ0n) is 25.8. The predicted molar refractivity (Wildman–Crippen MR) is 147 cm³/mol. The fourth-order valence-electron chi connectivity index (χ4n) is 4.80. The number of rotatable bonds is 26. The SMILES string of the molecule is CC(C)CCCC(C)CCCC(C)CCCC(C)CCOC(=O)CN(CCN(CC(=O)[O-])CC(=O)[O-])CC(=O)[O-].[Gd+3]. The van der Waals surface area contributed by atoms with Gasteiger partial charge in [-0.05, 0) is 30.1 Å². The fourth-order valence-corrected chi connectivity index (χ4v) is 4.80. The number of carbonyl (C=O) groups is 4. The zero-order valence-corrected chi connectivity index (χ0v) is 28.1. The van der Waals surface area contributed by atoms with E-state index in [4.69, 9.17) is 4.74 Å². The van der Waals surface area contributed by atoms with Crippen LogP contribution in [-0.4, -0.2) is 79.6 Å². The summed E-state index contributed by atoms with van der Waals surface area (Å²) in [5.74, 6) is -2.29. The minimum Gasteiger partial charge on any atom is -0.549 e. The first-order valence-electron chi connectivity index (χ1n) is 15.0. The number of carboxylic acid groups (broad SMARTS) is 3. The molecule has 41 heavy (non-hydrogen) atoms. The zero-order chi connectivity index (χ0) is 30.5. The van der Waals surface area contributed by atoms with E-state index in [-0.39, 0.29) is 66.2 Å². The van der Waals surface area contributed by atoms with Crippen molar-refractivity contribution in [1.29, 1.82) is 0 Å². The molecule has 11 heteroatoms. The first-order valence-corrected chi connectivity index (χ1v) is 15.0. The minimum absolute atomic E-state index is 0. The average Bonchev–Trinajstić information content (AvgIpc) is 2.81. The van der Waals surface area contributed by atoms with Gasteiger partial charge in [-0.15, -0.1) is 0 Å². The van der Waals surface area contributed by atoms with Crippen molar-refractivity contribution in [2.24, 2.45) is 23.7 Å². The molecule has 0 saturated carbocycles. The molecule has 0 aliphatic rings. The number of esters is 1. The molecule has 0 aliphatic carbocycles. The van der Waals surface area contributed by atoms with E-state index >= 15 is 0 Å². The summed E-state index contributed by atoms with van der Waals surface area (Å²) in [6.07, 6.45) is 11.9. The van der Waals surface area contributed by atoms with E-state index in [1.165, 1.54) is 49.8 Å². The Hall–Kier alpha value is -0.875. The van der Waals surface area contributed by atoms with Gasteiger partial charge in [0.05, 0.1) is 31.1 Å². The van der Waals surface area contributed by atoms with Crippen LogP contribution in [0.25, 0.3) is 0 Å². The Balaban J connectivity index is 0. The van der Waals surface area contributed by atoms with Gasteiger partial charge in [-0.25, -0.2) is 0 Å². The molecule has 239 valence electrons. The number of carbonyl (C=O) groups excluding carboxylic acids is 4. The van der Waals surface area contributed by atoms with E-state index in [1.807, 2.05) is 0 Å². The van der Waals surface area contributed by atoms with Gasteiger partial charge in [0.15, 0.2) is 0 Å². The molecule has 0 N–H and O–H groups in total. The van der Waals surface area contributed by atoms with Gasteiger partial charge in [-0.1, -0.05) is 92.4 Å². The van der Waals surface area contributed by atoms with E-state index in [1.54, 1.807) is 0 Å². The molecule has 3 unspecified atom stereocenters. The Morgan fingerprint density at radius 1 is 0.561 bits per heavy atom. The third kappa shape index (κ3) is 27.7. The Bertz CT molecular complexity index is 721. The summed E-state index contributed by atoms with van der Waals surface area (Å²) in [7, 11) is 0. The summed E-state index contributed by atoms with van der Waals surface area (Å²) in [5, 5.41) is 32.7. The van der Waals surface area contributed by atoms with Crippen molar-refractivity contribution in [2.75, 3.05) is 45.9 Å². The molecule has 0 heterocycles. The Kier molecular flexibility index (Phi) is 26.4. The first-order chi connectivity index (χ1) is 18.8. The molecule has 0 aliphatic heterocycles. The Morgan fingerprint density at radius 3 is 1.27 bits per heavy atom. The van der Waals surface area contributed by atoms with E-state index in [0.29, 0.717) is 18.3 Å². The minimum atomic E-state index is -1.48. The topological polar surface area (TPSA) is 153 Å². The number of hydrogen-bond donors (Lipinski definition) is 0. The van der Waals surface area contributed by atoms with Crippen molar-refractivity contribution in [3.8, 4) is 0 Å². The van der Waals surface area contributed by atoms with E-state index in [9.17, 15) is 34.5 Å². The van der Waals surface area contributed by atoms with Crippen LogP contribution in [0.1, 0.15) is 98.8 Å². The smallest absolute Gasteiger partial charge is 0.549 e. The summed E-state index contributed by atoms with van der Waals surface area (Å²) < 4.78 is 5.29. The third-order valence-electron chi connectivity index (χ3n) is 7.28. The van der Waals surface area contributed by atoms with Crippen LogP contribution in [0.2, 0.25) is 0 Å². The summed E-state index contributed by atoms with van der Waals surface area (Å²) in [6, 6.07) is 0. The van der Waals surface area contributed by atoms with Crippen LogP contribution in [0.3, 0.4) is 0 Å². The summed E-state index contributed by atoms with van der Waals surface area (Å²) in [4.78, 5) is 47.2. The van der Waals surface area contributed by atoms with Crippen LogP contribution in [0.4, 0.5) is 0 Å². The summed E-state index contributed by atoms with van der Waals surface area (Å²) >= 11 is 0. The van der Waals surface area contributed by atoms with Crippen molar-refractivity contribution >= 4 is 23.9 Å². The fraction of sp³-hybridized carbons (Fsp3) is 0.867. The van der Waals surface area contributed by atoms with Crippen LogP contribution in [0.5, 0.6) is 0 Å². The van der Waals surface area contributed by atoms with Gasteiger partial charge < -0.3 is 34.4 Å². The molecule has 0 amide bonds. The number of ether oxygens (including phenoxy) is 1. The van der Waals surface area contributed by atoms with Crippen LogP contribution in [0.15, 0.2) is 0 Å². The van der Waals surface area contributed by atoms with Gasteiger partial charge in [0, 0.05) is 32.7 Å². The van der Waals surface area contributed by atoms with Crippen molar-refractivity contribution in [1.82, 2.24) is 9.80 Å². The predicted octanol–water partition coefficient (Wildman–Crippen LogP) is 0.849. The second-order valence-corrected chi connectivity index (χ2v) is 12.0. The molecule has 0 aromatic rings. The first kappa shape index (κ1) is 42.3. The van der Waals surface area contributed by atoms with E-state index < -0.39 is 43.5 Å². The molecule has 0 fully saturated rings. The maximum Gasteiger partial charge on any atom is 3.00 e. The Labute approximate surface area is 279 Å². The normalized spacial score (nSPS) is 13.6. The molecule has 0 rings (SSSR count). The molecule has 0 bridgehead atoms. The van der Waals surface area contributed by atoms with Gasteiger partial charge in [0.25, 0.3) is 0 Å². The number of aliphatic carboxylic acids is 3. The van der Waals surface area contributed by atoms with Crippen LogP contribution >= 0.6 is 0 Å². The molecule has 0 aromatic carbocycles. The van der Waals surface area contributed by atoms with Crippen molar-refractivity contribution in [3.63, 3.8) is 0 Å². The van der Waals surface area contributed by atoms with Crippen LogP contribution in [-0.2, 0) is 23.9 Å². The van der Waals surface area contributed by atoms with Crippen LogP contribution < -0.4 is 15.3 Å². The number of nitrogens with zero attached hydrogens (tertiary/aromatic N) is 2. The molecule has 1 radical (unpaired) electrons. The van der Waals surface area contributed by atoms with Gasteiger partial charge >= 0.3 is 45.9 Å². The van der Waals surface area contributed by atoms with E-state index in [0.717, 1.165) is 29.6 Å². The summed E-state index contributed by atoms with van der Waals surface area (Å²) in [6.45, 7) is 9.19. The molecule has 0 spiro atoms. The summed E-state index contributed by atoms with van der Waals surface area (Å²) in [5.41, 5.74) is 0. The molecule has 0 saturated heterocycles.